The van der Waals surface area contributed by atoms with Gasteiger partial charge in [0.1, 0.15) is 11.6 Å². The first-order valence-electron chi connectivity index (χ1n) is 6.15. The summed E-state index contributed by atoms with van der Waals surface area (Å²) in [5.41, 5.74) is 0. The Morgan fingerprint density at radius 2 is 2.30 bits per heavy atom. The molecule has 0 radical (unpaired) electrons. The van der Waals surface area contributed by atoms with Crippen molar-refractivity contribution in [1.29, 1.82) is 0 Å². The van der Waals surface area contributed by atoms with E-state index >= 15 is 0 Å². The molecule has 0 aliphatic heterocycles. The lowest BCUT2D eigenvalue weighted by Crippen LogP contribution is -2.24. The molecule has 0 amide bonds. The Kier molecular flexibility index (Phi) is 4.92. The van der Waals surface area contributed by atoms with Gasteiger partial charge in [0, 0.05) is 12.5 Å². The van der Waals surface area contributed by atoms with Crippen LogP contribution >= 0.6 is 11.6 Å². The summed E-state index contributed by atoms with van der Waals surface area (Å²) in [6, 6.07) is 4.17. The standard InChI is InChI=1S/C13H15ClFN3O2/c1-8(16-2)5-12-17-13(20-18-12)7-19-11-4-3-9(15)6-10(11)14/h3-4,6,8,16H,5,7H2,1-2H3. The van der Waals surface area contributed by atoms with Crippen LogP contribution in [-0.2, 0) is 13.0 Å². The molecule has 2 aromatic rings. The molecule has 1 heterocycles. The van der Waals surface area contributed by atoms with Gasteiger partial charge in [-0.15, -0.1) is 0 Å². The minimum atomic E-state index is -0.413. The van der Waals surface area contributed by atoms with Gasteiger partial charge in [0.15, 0.2) is 12.4 Å². The highest BCUT2D eigenvalue weighted by atomic mass is 35.5. The van der Waals surface area contributed by atoms with Crippen molar-refractivity contribution in [1.82, 2.24) is 15.5 Å². The number of hydrogen-bond acceptors (Lipinski definition) is 5. The largest absolute Gasteiger partial charge is 0.482 e. The van der Waals surface area contributed by atoms with E-state index in [1.165, 1.54) is 18.2 Å². The van der Waals surface area contributed by atoms with Crippen LogP contribution in [0.1, 0.15) is 18.6 Å². The Morgan fingerprint density at radius 3 is 3.00 bits per heavy atom. The molecular weight excluding hydrogens is 285 g/mol. The van der Waals surface area contributed by atoms with Crippen molar-refractivity contribution >= 4 is 11.6 Å². The van der Waals surface area contributed by atoms with Crippen LogP contribution in [0.25, 0.3) is 0 Å². The summed E-state index contributed by atoms with van der Waals surface area (Å²) in [5, 5.41) is 7.14. The summed E-state index contributed by atoms with van der Waals surface area (Å²) in [7, 11) is 1.87. The third-order valence-corrected chi connectivity index (χ3v) is 3.03. The SMILES string of the molecule is CNC(C)Cc1noc(COc2ccc(F)cc2Cl)n1. The van der Waals surface area contributed by atoms with E-state index in [9.17, 15) is 4.39 Å². The number of likely N-dealkylation sites (N-methyl/N-ethyl adjacent to an activating group) is 1. The quantitative estimate of drug-likeness (QED) is 0.888. The molecule has 1 unspecified atom stereocenters. The molecule has 1 atom stereocenters. The highest BCUT2D eigenvalue weighted by Gasteiger charge is 2.11. The minimum Gasteiger partial charge on any atom is -0.482 e. The second-order valence-electron chi connectivity index (χ2n) is 4.36. The number of nitrogens with one attached hydrogen (secondary N) is 1. The molecule has 7 heteroatoms. The summed E-state index contributed by atoms with van der Waals surface area (Å²) in [6.45, 7) is 2.11. The molecule has 108 valence electrons. The van der Waals surface area contributed by atoms with Crippen molar-refractivity contribution in [2.45, 2.75) is 26.0 Å². The minimum absolute atomic E-state index is 0.0896. The van der Waals surface area contributed by atoms with Crippen LogP contribution in [0, 0.1) is 5.82 Å². The van der Waals surface area contributed by atoms with Crippen molar-refractivity contribution in [3.05, 3.63) is 40.8 Å². The van der Waals surface area contributed by atoms with Crippen LogP contribution in [0.15, 0.2) is 22.7 Å². The second-order valence-corrected chi connectivity index (χ2v) is 4.77. The molecule has 0 aliphatic carbocycles. The maximum atomic E-state index is 12.9. The van der Waals surface area contributed by atoms with E-state index in [0.29, 0.717) is 23.9 Å². The second kappa shape index (κ2) is 6.67. The number of halogens is 2. The summed E-state index contributed by atoms with van der Waals surface area (Å²) in [6.07, 6.45) is 0.664. The fourth-order valence-electron chi connectivity index (χ4n) is 1.54. The first-order chi connectivity index (χ1) is 9.58. The Labute approximate surface area is 121 Å². The maximum Gasteiger partial charge on any atom is 0.264 e. The monoisotopic (exact) mass is 299 g/mol. The third-order valence-electron chi connectivity index (χ3n) is 2.74. The van der Waals surface area contributed by atoms with E-state index < -0.39 is 5.82 Å². The van der Waals surface area contributed by atoms with Gasteiger partial charge in [-0.25, -0.2) is 4.39 Å². The molecule has 0 bridgehead atoms. The number of benzene rings is 1. The molecule has 0 spiro atoms. The predicted octanol–water partition coefficient (Wildman–Crippen LogP) is 2.59. The smallest absolute Gasteiger partial charge is 0.264 e. The van der Waals surface area contributed by atoms with Crippen molar-refractivity contribution in [2.24, 2.45) is 0 Å². The molecular formula is C13H15ClFN3O2. The Morgan fingerprint density at radius 1 is 1.50 bits per heavy atom. The molecule has 20 heavy (non-hydrogen) atoms. The van der Waals surface area contributed by atoms with Crippen LogP contribution in [0.3, 0.4) is 0 Å². The van der Waals surface area contributed by atoms with Crippen LogP contribution in [-0.4, -0.2) is 23.2 Å². The first kappa shape index (κ1) is 14.7. The molecule has 0 saturated carbocycles. The Balaban J connectivity index is 1.94. The summed E-state index contributed by atoms with van der Waals surface area (Å²) in [4.78, 5) is 4.20. The average Bonchev–Trinajstić information content (AvgIpc) is 2.85. The van der Waals surface area contributed by atoms with Crippen molar-refractivity contribution in [3.8, 4) is 5.75 Å². The van der Waals surface area contributed by atoms with Gasteiger partial charge in [0.25, 0.3) is 5.89 Å². The summed E-state index contributed by atoms with van der Waals surface area (Å²) < 4.78 is 23.4. The Hall–Kier alpha value is -1.66. The fraction of sp³-hybridized carbons (Fsp3) is 0.385. The van der Waals surface area contributed by atoms with E-state index in [0.717, 1.165) is 0 Å². The number of hydrogen-bond donors (Lipinski definition) is 1. The van der Waals surface area contributed by atoms with Gasteiger partial charge in [0.05, 0.1) is 5.02 Å². The van der Waals surface area contributed by atoms with E-state index in [-0.39, 0.29) is 17.7 Å². The summed E-state index contributed by atoms with van der Waals surface area (Å²) in [5.74, 6) is 0.916. The third kappa shape index (κ3) is 3.91. The fourth-order valence-corrected chi connectivity index (χ4v) is 1.76. The number of rotatable bonds is 6. The molecule has 1 aromatic heterocycles. The van der Waals surface area contributed by atoms with Crippen LogP contribution in [0.5, 0.6) is 5.75 Å². The van der Waals surface area contributed by atoms with Gasteiger partial charge in [-0.05, 0) is 32.2 Å². The normalized spacial score (nSPS) is 12.4. The lowest BCUT2D eigenvalue weighted by Gasteiger charge is -2.05. The van der Waals surface area contributed by atoms with E-state index in [2.05, 4.69) is 15.5 Å². The van der Waals surface area contributed by atoms with Gasteiger partial charge in [-0.1, -0.05) is 16.8 Å². The van der Waals surface area contributed by atoms with Gasteiger partial charge in [-0.2, -0.15) is 4.98 Å². The lowest BCUT2D eigenvalue weighted by molar-refractivity contribution is 0.242. The summed E-state index contributed by atoms with van der Waals surface area (Å²) >= 11 is 5.85. The lowest BCUT2D eigenvalue weighted by atomic mass is 10.2. The zero-order valence-corrected chi connectivity index (χ0v) is 11.9. The molecule has 1 N–H and O–H groups in total. The van der Waals surface area contributed by atoms with Crippen molar-refractivity contribution in [2.75, 3.05) is 7.05 Å². The zero-order chi connectivity index (χ0) is 14.5. The van der Waals surface area contributed by atoms with Crippen molar-refractivity contribution < 1.29 is 13.7 Å². The van der Waals surface area contributed by atoms with E-state index in [1.54, 1.807) is 0 Å². The highest BCUT2D eigenvalue weighted by Crippen LogP contribution is 2.25. The number of ether oxygens (including phenoxy) is 1. The van der Waals surface area contributed by atoms with Gasteiger partial charge in [0.2, 0.25) is 0 Å². The van der Waals surface area contributed by atoms with Crippen LogP contribution in [0.4, 0.5) is 4.39 Å². The predicted molar refractivity (Wildman–Crippen MR) is 72.3 cm³/mol. The molecule has 0 saturated heterocycles. The van der Waals surface area contributed by atoms with Gasteiger partial charge >= 0.3 is 0 Å². The average molecular weight is 300 g/mol. The zero-order valence-electron chi connectivity index (χ0n) is 11.2. The number of nitrogens with zero attached hydrogens (tertiary/aromatic N) is 2. The maximum absolute atomic E-state index is 12.9. The van der Waals surface area contributed by atoms with Gasteiger partial charge in [-0.3, -0.25) is 0 Å². The molecule has 0 aliphatic rings. The van der Waals surface area contributed by atoms with Gasteiger partial charge < -0.3 is 14.6 Å². The van der Waals surface area contributed by atoms with Crippen molar-refractivity contribution in [3.63, 3.8) is 0 Å². The molecule has 1 aromatic carbocycles. The van der Waals surface area contributed by atoms with E-state index in [4.69, 9.17) is 20.9 Å². The topological polar surface area (TPSA) is 60.2 Å². The molecule has 0 fully saturated rings. The number of aromatic nitrogens is 2. The Bertz CT molecular complexity index is 576. The van der Waals surface area contributed by atoms with Crippen LogP contribution in [0.2, 0.25) is 5.02 Å². The molecule has 2 rings (SSSR count). The molecule has 5 nitrogen and oxygen atoms in total. The van der Waals surface area contributed by atoms with Crippen LogP contribution < -0.4 is 10.1 Å². The highest BCUT2D eigenvalue weighted by molar-refractivity contribution is 6.32. The first-order valence-corrected chi connectivity index (χ1v) is 6.53. The van der Waals surface area contributed by atoms with E-state index in [1.807, 2.05) is 14.0 Å².